The van der Waals surface area contributed by atoms with Crippen LogP contribution in [-0.2, 0) is 16.0 Å². The smallest absolute Gasteiger partial charge is 0.328 e. The molecule has 0 aliphatic rings. The number of aryl methyl sites for hydroxylation is 1. The zero-order valence-corrected chi connectivity index (χ0v) is 21.7. The van der Waals surface area contributed by atoms with E-state index >= 15 is 0 Å². The summed E-state index contributed by atoms with van der Waals surface area (Å²) in [5.74, 6) is -0.0595. The highest BCUT2D eigenvalue weighted by Gasteiger charge is 2.24. The second kappa shape index (κ2) is 13.2. The molecule has 0 aliphatic carbocycles. The minimum Gasteiger partial charge on any atom is -0.467 e. The Bertz CT molecular complexity index is 1180. The van der Waals surface area contributed by atoms with E-state index in [-0.39, 0.29) is 12.5 Å². The van der Waals surface area contributed by atoms with Gasteiger partial charge in [-0.05, 0) is 71.7 Å². The Hall–Kier alpha value is -2.94. The van der Waals surface area contributed by atoms with Crippen LogP contribution in [0.15, 0.2) is 59.7 Å². The lowest BCUT2D eigenvalue weighted by atomic mass is 9.92. The number of carbonyl (C=O) groups excluding carboxylic acids is 2. The summed E-state index contributed by atoms with van der Waals surface area (Å²) in [6, 6.07) is 12.8. The third-order valence-corrected chi connectivity index (χ3v) is 6.96. The highest BCUT2D eigenvalue weighted by molar-refractivity contribution is 7.98. The average molecular weight is 511 g/mol. The number of aromatic nitrogens is 1. The third-order valence-electron chi connectivity index (χ3n) is 5.60. The molecule has 1 amide bonds. The maximum Gasteiger partial charge on any atom is 0.328 e. The van der Waals surface area contributed by atoms with Crippen LogP contribution in [0.25, 0.3) is 17.2 Å². The van der Waals surface area contributed by atoms with Crippen LogP contribution in [0.3, 0.4) is 0 Å². The summed E-state index contributed by atoms with van der Waals surface area (Å²) in [7, 11) is 1.33. The number of amides is 1. The van der Waals surface area contributed by atoms with Gasteiger partial charge in [0.2, 0.25) is 0 Å². The van der Waals surface area contributed by atoms with E-state index in [0.29, 0.717) is 18.4 Å². The topological polar surface area (TPSA) is 88.5 Å². The van der Waals surface area contributed by atoms with Crippen molar-refractivity contribution in [3.63, 3.8) is 0 Å². The van der Waals surface area contributed by atoms with E-state index in [2.05, 4.69) is 10.3 Å². The fourth-order valence-electron chi connectivity index (χ4n) is 3.77. The molecular formula is C27H30N2O4S2. The minimum atomic E-state index is -0.715. The largest absolute Gasteiger partial charge is 0.467 e. The van der Waals surface area contributed by atoms with Crippen LogP contribution in [0.2, 0.25) is 0 Å². The first-order chi connectivity index (χ1) is 17.0. The van der Waals surface area contributed by atoms with Crippen molar-refractivity contribution in [2.24, 2.45) is 0 Å². The molecule has 0 unspecified atom stereocenters. The van der Waals surface area contributed by atoms with Crippen molar-refractivity contribution in [3.8, 4) is 11.1 Å². The van der Waals surface area contributed by atoms with Crippen LogP contribution in [-0.4, -0.2) is 53.7 Å². The van der Waals surface area contributed by atoms with Crippen LogP contribution in [0.5, 0.6) is 0 Å². The number of hydrogen-bond acceptors (Lipinski definition) is 7. The van der Waals surface area contributed by atoms with Crippen molar-refractivity contribution in [3.05, 3.63) is 81.3 Å². The number of rotatable bonds is 11. The molecule has 1 atom stereocenters. The number of benzene rings is 2. The van der Waals surface area contributed by atoms with Crippen LogP contribution < -0.4 is 5.32 Å². The Morgan fingerprint density at radius 3 is 2.69 bits per heavy atom. The van der Waals surface area contributed by atoms with E-state index in [1.54, 1.807) is 29.5 Å². The van der Waals surface area contributed by atoms with Crippen molar-refractivity contribution < 1.29 is 19.4 Å². The number of methoxy groups -OCH3 is 1. The molecule has 3 rings (SSSR count). The second-order valence-electron chi connectivity index (χ2n) is 8.07. The van der Waals surface area contributed by atoms with Gasteiger partial charge in [0.1, 0.15) is 6.04 Å². The minimum absolute atomic E-state index is 0.0733. The van der Waals surface area contributed by atoms with Crippen molar-refractivity contribution in [2.45, 2.75) is 25.8 Å². The average Bonchev–Trinajstić information content (AvgIpc) is 3.39. The summed E-state index contributed by atoms with van der Waals surface area (Å²) in [4.78, 5) is 30.7. The van der Waals surface area contributed by atoms with Crippen LogP contribution >= 0.6 is 23.1 Å². The molecule has 6 nitrogen and oxygen atoms in total. The lowest BCUT2D eigenvalue weighted by molar-refractivity contribution is -0.142. The number of nitrogens with one attached hydrogen (secondary N) is 1. The maximum atomic E-state index is 13.4. The first-order valence-corrected chi connectivity index (χ1v) is 13.5. The number of ether oxygens (including phenoxy) is 1. The molecule has 0 saturated heterocycles. The Labute approximate surface area is 214 Å². The summed E-state index contributed by atoms with van der Waals surface area (Å²) in [6.07, 6.45) is 6.68. The van der Waals surface area contributed by atoms with Crippen molar-refractivity contribution in [2.75, 3.05) is 25.7 Å². The van der Waals surface area contributed by atoms with E-state index < -0.39 is 12.0 Å². The fourth-order valence-corrected chi connectivity index (χ4v) is 4.84. The van der Waals surface area contributed by atoms with Gasteiger partial charge in [0.05, 0.1) is 19.2 Å². The molecule has 184 valence electrons. The summed E-state index contributed by atoms with van der Waals surface area (Å²) in [5.41, 5.74) is 6.82. The monoisotopic (exact) mass is 510 g/mol. The van der Waals surface area contributed by atoms with Crippen LogP contribution in [0.1, 0.15) is 32.8 Å². The molecule has 8 heteroatoms. The highest BCUT2D eigenvalue weighted by Crippen LogP contribution is 2.29. The van der Waals surface area contributed by atoms with E-state index in [9.17, 15) is 14.7 Å². The van der Waals surface area contributed by atoms with Gasteiger partial charge in [-0.3, -0.25) is 9.78 Å². The Morgan fingerprint density at radius 1 is 1.23 bits per heavy atom. The number of hydrogen-bond donors (Lipinski definition) is 2. The predicted octanol–water partition coefficient (Wildman–Crippen LogP) is 4.76. The van der Waals surface area contributed by atoms with Gasteiger partial charge in [0, 0.05) is 16.6 Å². The van der Waals surface area contributed by atoms with Gasteiger partial charge in [-0.1, -0.05) is 36.4 Å². The van der Waals surface area contributed by atoms with Crippen molar-refractivity contribution in [1.29, 1.82) is 0 Å². The van der Waals surface area contributed by atoms with E-state index in [4.69, 9.17) is 4.74 Å². The van der Waals surface area contributed by atoms with E-state index in [1.807, 2.05) is 55.7 Å². The van der Waals surface area contributed by atoms with Gasteiger partial charge < -0.3 is 15.2 Å². The maximum absolute atomic E-state index is 13.4. The standard InChI is InChI=1S/C27H30N2O4S2/c1-18-6-4-5-7-22(18)24-14-19(12-20(16-30)13-21-15-28-17-35-21)8-9-23(24)26(31)29-25(10-11-34-3)27(32)33-2/h4-9,13-15,17,25,30H,10-12,16H2,1-3H3,(H,29,31)/b20-13-/t25-/m0/s1. The SMILES string of the molecule is COC(=O)[C@H](CCSC)NC(=O)c1ccc(C/C(=C/c2cncs2)CO)cc1-c1ccccc1C. The number of aliphatic hydroxyl groups is 1. The van der Waals surface area contributed by atoms with Crippen molar-refractivity contribution >= 4 is 41.1 Å². The molecule has 1 heterocycles. The number of aliphatic hydroxyl groups excluding tert-OH is 1. The summed E-state index contributed by atoms with van der Waals surface area (Å²) >= 11 is 3.12. The van der Waals surface area contributed by atoms with Gasteiger partial charge in [-0.2, -0.15) is 11.8 Å². The summed E-state index contributed by atoms with van der Waals surface area (Å²) in [6.45, 7) is 1.93. The number of thiazole rings is 1. The molecule has 1 aromatic heterocycles. The molecule has 0 aliphatic heterocycles. The zero-order chi connectivity index (χ0) is 25.2. The molecule has 2 aromatic carbocycles. The normalized spacial score (nSPS) is 12.3. The van der Waals surface area contributed by atoms with Gasteiger partial charge in [-0.25, -0.2) is 4.79 Å². The molecule has 0 radical (unpaired) electrons. The third kappa shape index (κ3) is 7.27. The van der Waals surface area contributed by atoms with Crippen molar-refractivity contribution in [1.82, 2.24) is 10.3 Å². The molecule has 0 spiro atoms. The second-order valence-corrected chi connectivity index (χ2v) is 9.97. The molecule has 0 bridgehead atoms. The van der Waals surface area contributed by atoms with Gasteiger partial charge >= 0.3 is 5.97 Å². The number of esters is 1. The molecule has 2 N–H and O–H groups in total. The first-order valence-electron chi connectivity index (χ1n) is 11.2. The zero-order valence-electron chi connectivity index (χ0n) is 20.1. The van der Waals surface area contributed by atoms with Gasteiger partial charge in [0.15, 0.2) is 0 Å². The predicted molar refractivity (Wildman–Crippen MR) is 144 cm³/mol. The fraction of sp³-hybridized carbons (Fsp3) is 0.296. The Kier molecular flexibility index (Phi) is 10.1. The highest BCUT2D eigenvalue weighted by atomic mass is 32.2. The van der Waals surface area contributed by atoms with Crippen LogP contribution in [0.4, 0.5) is 0 Å². The Balaban J connectivity index is 1.97. The quantitative estimate of drug-likeness (QED) is 0.362. The molecule has 3 aromatic rings. The van der Waals surface area contributed by atoms with E-state index in [1.165, 1.54) is 18.4 Å². The number of nitrogens with zero attached hydrogens (tertiary/aromatic N) is 1. The molecular weight excluding hydrogens is 480 g/mol. The summed E-state index contributed by atoms with van der Waals surface area (Å²) < 4.78 is 4.90. The molecule has 0 saturated carbocycles. The van der Waals surface area contributed by atoms with Gasteiger partial charge in [0.25, 0.3) is 5.91 Å². The Morgan fingerprint density at radius 2 is 2.03 bits per heavy atom. The molecule has 35 heavy (non-hydrogen) atoms. The van der Waals surface area contributed by atoms with Gasteiger partial charge in [-0.15, -0.1) is 11.3 Å². The lowest BCUT2D eigenvalue weighted by Crippen LogP contribution is -2.42. The van der Waals surface area contributed by atoms with Crippen LogP contribution in [0, 0.1) is 6.92 Å². The molecule has 0 fully saturated rings. The summed E-state index contributed by atoms with van der Waals surface area (Å²) in [5, 5.41) is 12.8. The van der Waals surface area contributed by atoms with E-state index in [0.717, 1.165) is 38.5 Å². The first kappa shape index (κ1) is 26.7. The number of thioether (sulfide) groups is 1. The lowest BCUT2D eigenvalue weighted by Gasteiger charge is -2.19. The number of carbonyl (C=O) groups is 2.